The van der Waals surface area contributed by atoms with Crippen LogP contribution < -0.4 is 21.2 Å². The number of Topliss-reactive ketones (excluding diaryl/α,β-unsaturated/α-hetero) is 2. The molecule has 1 unspecified atom stereocenters. The lowest BCUT2D eigenvalue weighted by atomic mass is 9.93. The zero-order valence-corrected chi connectivity index (χ0v) is 43.1. The van der Waals surface area contributed by atoms with Crippen molar-refractivity contribution in [1.82, 2.24) is 39.1 Å². The molecule has 2 N–H and O–H groups in total. The van der Waals surface area contributed by atoms with Gasteiger partial charge in [0.15, 0.2) is 17.2 Å². The zero-order chi connectivity index (χ0) is 53.8. The Morgan fingerprint density at radius 1 is 0.893 bits per heavy atom. The molecule has 1 atom stereocenters. The summed E-state index contributed by atoms with van der Waals surface area (Å²) in [5, 5.41) is 9.89. The van der Waals surface area contributed by atoms with Crippen LogP contribution in [-0.4, -0.2) is 107 Å². The van der Waals surface area contributed by atoms with Gasteiger partial charge in [0.1, 0.15) is 29.1 Å². The summed E-state index contributed by atoms with van der Waals surface area (Å²) >= 11 is 0. The summed E-state index contributed by atoms with van der Waals surface area (Å²) < 4.78 is 55.8. The number of ether oxygens (including phenoxy) is 3. The molecule has 0 bridgehead atoms. The number of carbonyl (C=O) groups is 5. The number of pyridine rings is 1. The summed E-state index contributed by atoms with van der Waals surface area (Å²) in [6.45, 7) is 12.9. The highest BCUT2D eigenvalue weighted by Crippen LogP contribution is 2.34. The number of aromatic nitrogens is 6. The van der Waals surface area contributed by atoms with Crippen LogP contribution >= 0.6 is 0 Å². The highest BCUT2D eigenvalue weighted by molar-refractivity contribution is 6.04. The minimum Gasteiger partial charge on any atom is -0.444 e. The Bertz CT molecular complexity index is 3130. The number of aryl methyl sites for hydroxylation is 1. The number of carbonyl (C=O) groups excluding carboxylic acids is 5. The summed E-state index contributed by atoms with van der Waals surface area (Å²) in [4.78, 5) is 89.2. The van der Waals surface area contributed by atoms with E-state index in [1.807, 2.05) is 18.2 Å². The molecule has 3 amide bonds. The summed E-state index contributed by atoms with van der Waals surface area (Å²) in [5.74, 6) is -0.490. The normalized spacial score (nSPS) is 15.1. The SMILES string of the molecule is Cn1c(=O)n(C2CCC(=O)CC2=O)c2ccc(CNCCOCCN(Cc3ccc(-n4cc(NC(=O)c5coc(-c6ccnc(N(CC7CC7)C(=O)OC(C)(C)C)c6)n5)c(C(F)F)n4)cc3)C(=O)OC(C)(C)C)cc21. The van der Waals surface area contributed by atoms with Gasteiger partial charge < -0.3 is 34.2 Å². The van der Waals surface area contributed by atoms with Gasteiger partial charge in [0.05, 0.1) is 54.3 Å². The molecule has 0 aliphatic heterocycles. The number of halogens is 2. The standard InChI is InChI=1S/C53H62F2N10O10/c1-52(2,3)74-50(70)62(21-23-72-22-20-56-27-34-12-16-40-42(24-34)61(7)49(69)65(40)41-17-15-37(66)26-43(41)67)28-32-10-13-36(14-11-32)64-30-38(45(60-64)46(54)55)58-47(68)39-31-73-48(59-39)35-18-19-57-44(25-35)63(29-33-8-9-33)51(71)75-53(4,5)6/h10-14,16,18-19,24-25,30-31,33,41,46,56H,8-9,15,17,20-23,26-29H2,1-7H3,(H,58,68). The summed E-state index contributed by atoms with van der Waals surface area (Å²) in [5.41, 5.74) is 0.854. The number of imidazole rings is 1. The largest absolute Gasteiger partial charge is 0.444 e. The van der Waals surface area contributed by atoms with E-state index in [4.69, 9.17) is 18.6 Å². The van der Waals surface area contributed by atoms with Crippen LogP contribution in [0.15, 0.2) is 82.5 Å². The van der Waals surface area contributed by atoms with E-state index >= 15 is 0 Å². The molecule has 2 aliphatic carbocycles. The van der Waals surface area contributed by atoms with Gasteiger partial charge in [-0.25, -0.2) is 37.8 Å². The van der Waals surface area contributed by atoms with Crippen LogP contribution in [0.5, 0.6) is 0 Å². The second-order valence-corrected chi connectivity index (χ2v) is 20.7. The number of fused-ring (bicyclic) bond motifs is 1. The summed E-state index contributed by atoms with van der Waals surface area (Å²) in [6, 6.07) is 14.9. The third kappa shape index (κ3) is 13.6. The number of anilines is 2. The molecule has 0 saturated heterocycles. The van der Waals surface area contributed by atoms with Crippen LogP contribution in [0, 0.1) is 5.92 Å². The maximum absolute atomic E-state index is 14.4. The lowest BCUT2D eigenvalue weighted by molar-refractivity contribution is -0.132. The van der Waals surface area contributed by atoms with Crippen LogP contribution in [0.2, 0.25) is 0 Å². The first-order valence-corrected chi connectivity index (χ1v) is 24.8. The molecule has 2 aromatic carbocycles. The van der Waals surface area contributed by atoms with Gasteiger partial charge in [0, 0.05) is 58.0 Å². The Morgan fingerprint density at radius 3 is 2.31 bits per heavy atom. The number of rotatable bonds is 19. The monoisotopic (exact) mass is 1040 g/mol. The molecule has 4 heterocycles. The molecule has 0 radical (unpaired) electrons. The third-order valence-corrected chi connectivity index (χ3v) is 12.3. The molecule has 75 heavy (non-hydrogen) atoms. The van der Waals surface area contributed by atoms with Crippen molar-refractivity contribution in [1.29, 1.82) is 0 Å². The molecule has 2 fully saturated rings. The molecule has 8 rings (SSSR count). The molecular weight excluding hydrogens is 975 g/mol. The summed E-state index contributed by atoms with van der Waals surface area (Å²) in [6.07, 6.45) is 2.09. The smallest absolute Gasteiger partial charge is 0.416 e. The van der Waals surface area contributed by atoms with Gasteiger partial charge in [0.25, 0.3) is 12.3 Å². The van der Waals surface area contributed by atoms with E-state index in [0.717, 1.165) is 24.7 Å². The van der Waals surface area contributed by atoms with Crippen molar-refractivity contribution in [3.63, 3.8) is 0 Å². The zero-order valence-electron chi connectivity index (χ0n) is 43.1. The minimum atomic E-state index is -3.05. The molecule has 20 nitrogen and oxygen atoms in total. The van der Waals surface area contributed by atoms with Crippen molar-refractivity contribution in [2.24, 2.45) is 13.0 Å². The average Bonchev–Trinajstić information content (AvgIpc) is 3.74. The van der Waals surface area contributed by atoms with Gasteiger partial charge in [0.2, 0.25) is 5.89 Å². The van der Waals surface area contributed by atoms with Crippen molar-refractivity contribution < 1.29 is 51.4 Å². The van der Waals surface area contributed by atoms with Crippen LogP contribution in [-0.2, 0) is 43.9 Å². The van der Waals surface area contributed by atoms with Crippen LogP contribution in [0.3, 0.4) is 0 Å². The van der Waals surface area contributed by atoms with Gasteiger partial charge in [-0.05, 0) is 114 Å². The van der Waals surface area contributed by atoms with Gasteiger partial charge in [-0.3, -0.25) is 28.4 Å². The second kappa shape index (κ2) is 22.5. The van der Waals surface area contributed by atoms with Crippen LogP contribution in [0.4, 0.5) is 29.9 Å². The predicted molar refractivity (Wildman–Crippen MR) is 272 cm³/mol. The lowest BCUT2D eigenvalue weighted by Gasteiger charge is -2.27. The topological polar surface area (TPSA) is 227 Å². The van der Waals surface area contributed by atoms with Crippen molar-refractivity contribution in [3.8, 4) is 17.1 Å². The van der Waals surface area contributed by atoms with E-state index in [9.17, 15) is 37.5 Å². The minimum absolute atomic E-state index is 0.0405. The number of nitrogens with zero attached hydrogens (tertiary/aromatic N) is 8. The number of amides is 3. The Balaban J connectivity index is 0.855. The first-order valence-electron chi connectivity index (χ1n) is 24.8. The molecule has 0 spiro atoms. The number of oxazole rings is 1. The van der Waals surface area contributed by atoms with Crippen molar-refractivity contribution in [2.75, 3.05) is 43.1 Å². The van der Waals surface area contributed by atoms with E-state index in [1.54, 1.807) is 85.0 Å². The molecule has 6 aromatic rings. The van der Waals surface area contributed by atoms with E-state index in [0.29, 0.717) is 72.2 Å². The average molecular weight is 1040 g/mol. The summed E-state index contributed by atoms with van der Waals surface area (Å²) in [7, 11) is 1.66. The Morgan fingerprint density at radius 2 is 1.61 bits per heavy atom. The van der Waals surface area contributed by atoms with Crippen LogP contribution in [0.25, 0.3) is 28.2 Å². The number of alkyl halides is 2. The number of hydrogen-bond donors (Lipinski definition) is 2. The quantitative estimate of drug-likeness (QED) is 0.0575. The van der Waals surface area contributed by atoms with Gasteiger partial charge >= 0.3 is 17.9 Å². The Kier molecular flexibility index (Phi) is 16.1. The molecular formula is C53H62F2N10O10. The first kappa shape index (κ1) is 53.7. The highest BCUT2D eigenvalue weighted by atomic mass is 19.3. The fraction of sp³-hybridized carbons (Fsp3) is 0.453. The first-order chi connectivity index (χ1) is 35.6. The molecule has 398 valence electrons. The number of nitrogens with one attached hydrogen (secondary N) is 2. The molecule has 4 aromatic heterocycles. The van der Waals surface area contributed by atoms with Gasteiger partial charge in [-0.2, -0.15) is 5.10 Å². The fourth-order valence-corrected chi connectivity index (χ4v) is 8.45. The van der Waals surface area contributed by atoms with Crippen molar-refractivity contribution in [2.45, 2.75) is 110 Å². The van der Waals surface area contributed by atoms with E-state index < -0.39 is 47.5 Å². The third-order valence-electron chi connectivity index (χ3n) is 12.3. The second-order valence-electron chi connectivity index (χ2n) is 20.7. The van der Waals surface area contributed by atoms with E-state index in [2.05, 4.69) is 25.7 Å². The van der Waals surface area contributed by atoms with Crippen molar-refractivity contribution in [3.05, 3.63) is 106 Å². The highest BCUT2D eigenvalue weighted by Gasteiger charge is 2.33. The lowest BCUT2D eigenvalue weighted by Crippen LogP contribution is -2.38. The number of ketones is 2. The van der Waals surface area contributed by atoms with E-state index in [-0.39, 0.29) is 67.1 Å². The number of hydrogen-bond acceptors (Lipinski definition) is 14. The predicted octanol–water partition coefficient (Wildman–Crippen LogP) is 8.32. The maximum Gasteiger partial charge on any atom is 0.416 e. The van der Waals surface area contributed by atoms with Crippen LogP contribution in [0.1, 0.15) is 113 Å². The molecule has 2 aliphatic rings. The Hall–Kier alpha value is -7.59. The maximum atomic E-state index is 14.4. The number of benzene rings is 2. The molecule has 2 saturated carbocycles. The Labute approximate surface area is 431 Å². The van der Waals surface area contributed by atoms with Gasteiger partial charge in [-0.1, -0.05) is 18.2 Å². The van der Waals surface area contributed by atoms with E-state index in [1.165, 1.54) is 36.0 Å². The molecule has 22 heteroatoms. The van der Waals surface area contributed by atoms with Gasteiger partial charge in [-0.15, -0.1) is 0 Å². The van der Waals surface area contributed by atoms with Crippen molar-refractivity contribution >= 4 is 52.2 Å². The fourth-order valence-electron chi connectivity index (χ4n) is 8.45.